The number of benzene rings is 7. The molecule has 0 atom stereocenters. The topological polar surface area (TPSA) is 0 Å². The van der Waals surface area contributed by atoms with E-state index in [4.69, 9.17) is 0 Å². The Morgan fingerprint density at radius 2 is 1.02 bits per heavy atom. The third kappa shape index (κ3) is 4.35. The monoisotopic (exact) mass is 522 g/mol. The molecular formula is C41H30. The molecular weight excluding hydrogens is 492 g/mol. The molecule has 0 nitrogen and oxygen atoms in total. The predicted octanol–water partition coefficient (Wildman–Crippen LogP) is 11.7. The van der Waals surface area contributed by atoms with E-state index < -0.39 is 0 Å². The van der Waals surface area contributed by atoms with Gasteiger partial charge in [0.1, 0.15) is 0 Å². The first kappa shape index (κ1) is 24.8. The minimum atomic E-state index is 1.21. The molecule has 0 aromatic heterocycles. The number of allylic oxidation sites excluding steroid dienone is 2. The molecule has 0 aliphatic rings. The van der Waals surface area contributed by atoms with Gasteiger partial charge in [-0.05, 0) is 89.8 Å². The third-order valence-electron chi connectivity index (χ3n) is 8.18. The lowest BCUT2D eigenvalue weighted by molar-refractivity contribution is 1.44. The van der Waals surface area contributed by atoms with Gasteiger partial charge in [-0.3, -0.25) is 0 Å². The van der Waals surface area contributed by atoms with Gasteiger partial charge in [0.05, 0.1) is 0 Å². The number of hydrogen-bond acceptors (Lipinski definition) is 0. The molecule has 41 heavy (non-hydrogen) atoms. The van der Waals surface area contributed by atoms with Gasteiger partial charge in [-0.15, -0.1) is 0 Å². The molecule has 194 valence electrons. The van der Waals surface area contributed by atoms with E-state index in [1.54, 1.807) is 0 Å². The summed E-state index contributed by atoms with van der Waals surface area (Å²) < 4.78 is 0. The van der Waals surface area contributed by atoms with Crippen molar-refractivity contribution >= 4 is 38.4 Å². The van der Waals surface area contributed by atoms with Crippen molar-refractivity contribution in [2.45, 2.75) is 6.92 Å². The molecule has 0 aliphatic carbocycles. The third-order valence-corrected chi connectivity index (χ3v) is 8.18. The van der Waals surface area contributed by atoms with Crippen molar-refractivity contribution in [2.75, 3.05) is 0 Å². The molecule has 0 bridgehead atoms. The van der Waals surface area contributed by atoms with Crippen molar-refractivity contribution in [2.24, 2.45) is 0 Å². The highest BCUT2D eigenvalue weighted by molar-refractivity contribution is 6.21. The molecule has 0 aliphatic heterocycles. The van der Waals surface area contributed by atoms with Crippen LogP contribution in [0.15, 0.2) is 152 Å². The number of hydrogen-bond donors (Lipinski definition) is 0. The van der Waals surface area contributed by atoms with E-state index >= 15 is 0 Å². The zero-order valence-corrected chi connectivity index (χ0v) is 23.1. The largest absolute Gasteiger partial charge is 0.0991 e. The second-order valence-corrected chi connectivity index (χ2v) is 10.6. The number of rotatable bonds is 5. The van der Waals surface area contributed by atoms with Crippen LogP contribution in [-0.4, -0.2) is 0 Å². The van der Waals surface area contributed by atoms with Gasteiger partial charge >= 0.3 is 0 Å². The van der Waals surface area contributed by atoms with Crippen molar-refractivity contribution in [3.8, 4) is 33.4 Å². The van der Waals surface area contributed by atoms with Gasteiger partial charge in [-0.25, -0.2) is 0 Å². The average molecular weight is 523 g/mol. The molecule has 0 fully saturated rings. The summed E-state index contributed by atoms with van der Waals surface area (Å²) in [4.78, 5) is 0. The maximum atomic E-state index is 3.85. The first-order chi connectivity index (χ1) is 20.2. The summed E-state index contributed by atoms with van der Waals surface area (Å²) in [7, 11) is 0. The fourth-order valence-corrected chi connectivity index (χ4v) is 6.23. The summed E-state index contributed by atoms with van der Waals surface area (Å²) in [5.74, 6) is 0. The van der Waals surface area contributed by atoms with E-state index in [1.807, 2.05) is 12.2 Å². The molecule has 0 saturated heterocycles. The van der Waals surface area contributed by atoms with Gasteiger partial charge in [0.2, 0.25) is 0 Å². The molecule has 7 aromatic carbocycles. The number of fused-ring (bicyclic) bond motifs is 3. The lowest BCUT2D eigenvalue weighted by Crippen LogP contribution is -1.91. The van der Waals surface area contributed by atoms with Crippen molar-refractivity contribution in [3.05, 3.63) is 163 Å². The Labute approximate surface area is 241 Å². The quantitative estimate of drug-likeness (QED) is 0.156. The van der Waals surface area contributed by atoms with Crippen molar-refractivity contribution in [1.82, 2.24) is 0 Å². The summed E-state index contributed by atoms with van der Waals surface area (Å²) in [5, 5.41) is 7.61. The van der Waals surface area contributed by atoms with Gasteiger partial charge in [-0.2, -0.15) is 0 Å². The smallest absolute Gasteiger partial charge is 0.00262 e. The Morgan fingerprint density at radius 1 is 0.488 bits per heavy atom. The van der Waals surface area contributed by atoms with Crippen molar-refractivity contribution < 1.29 is 0 Å². The zero-order valence-electron chi connectivity index (χ0n) is 23.1. The van der Waals surface area contributed by atoms with Gasteiger partial charge < -0.3 is 0 Å². The maximum absolute atomic E-state index is 3.85. The SMILES string of the molecule is C=C/C=C\c1c(C)cccc1-c1ccc(-c2c3ccccc3c(-c3ccc4ccccc4c3)c3ccccc23)cc1. The van der Waals surface area contributed by atoms with E-state index in [9.17, 15) is 0 Å². The highest BCUT2D eigenvalue weighted by Gasteiger charge is 2.17. The molecule has 0 amide bonds. The summed E-state index contributed by atoms with van der Waals surface area (Å²) in [5.41, 5.74) is 9.98. The van der Waals surface area contributed by atoms with Crippen LogP contribution in [0.5, 0.6) is 0 Å². The molecule has 7 aromatic rings. The Bertz CT molecular complexity index is 2050. The molecule has 0 spiro atoms. The standard InChI is InChI=1S/C41H30/c1-3-4-15-34-28(2)12-11-20-35(34)30-22-24-31(25-23-30)40-36-16-7-9-18-38(36)41(39-19-10-8-17-37(39)40)33-26-21-29-13-5-6-14-32(29)27-33/h3-27H,1H2,2H3/b15-4-. The van der Waals surface area contributed by atoms with Crippen LogP contribution in [-0.2, 0) is 0 Å². The Morgan fingerprint density at radius 3 is 1.66 bits per heavy atom. The van der Waals surface area contributed by atoms with Crippen LogP contribution in [0, 0.1) is 6.92 Å². The van der Waals surface area contributed by atoms with E-state index in [1.165, 1.54) is 76.8 Å². The van der Waals surface area contributed by atoms with E-state index in [0.717, 1.165) is 0 Å². The molecule has 7 rings (SSSR count). The second-order valence-electron chi connectivity index (χ2n) is 10.6. The zero-order chi connectivity index (χ0) is 27.8. The number of aryl methyl sites for hydroxylation is 1. The van der Waals surface area contributed by atoms with Crippen LogP contribution >= 0.6 is 0 Å². The molecule has 0 radical (unpaired) electrons. The first-order valence-corrected chi connectivity index (χ1v) is 14.1. The van der Waals surface area contributed by atoms with Crippen LogP contribution in [0.4, 0.5) is 0 Å². The summed E-state index contributed by atoms with van der Waals surface area (Å²) >= 11 is 0. The highest BCUT2D eigenvalue weighted by atomic mass is 14.2. The van der Waals surface area contributed by atoms with Crippen molar-refractivity contribution in [1.29, 1.82) is 0 Å². The van der Waals surface area contributed by atoms with Crippen LogP contribution in [0.1, 0.15) is 11.1 Å². The Kier molecular flexibility index (Phi) is 6.30. The first-order valence-electron chi connectivity index (χ1n) is 14.1. The molecule has 0 heteroatoms. The molecule has 0 heterocycles. The van der Waals surface area contributed by atoms with Crippen LogP contribution in [0.2, 0.25) is 0 Å². The minimum absolute atomic E-state index is 1.21. The molecule has 0 unspecified atom stereocenters. The van der Waals surface area contributed by atoms with Crippen LogP contribution in [0.3, 0.4) is 0 Å². The molecule has 0 saturated carbocycles. The fourth-order valence-electron chi connectivity index (χ4n) is 6.23. The van der Waals surface area contributed by atoms with Gasteiger partial charge in [0.25, 0.3) is 0 Å². The summed E-state index contributed by atoms with van der Waals surface area (Å²) in [6.45, 7) is 6.02. The average Bonchev–Trinajstić information content (AvgIpc) is 3.03. The van der Waals surface area contributed by atoms with Crippen LogP contribution in [0.25, 0.3) is 71.8 Å². The van der Waals surface area contributed by atoms with Crippen LogP contribution < -0.4 is 0 Å². The maximum Gasteiger partial charge on any atom is -0.00262 e. The minimum Gasteiger partial charge on any atom is -0.0991 e. The molecule has 0 N–H and O–H groups in total. The Hall–Kier alpha value is -5.20. The van der Waals surface area contributed by atoms with Gasteiger partial charge in [0.15, 0.2) is 0 Å². The highest BCUT2D eigenvalue weighted by Crippen LogP contribution is 2.44. The van der Waals surface area contributed by atoms with Gasteiger partial charge in [-0.1, -0.05) is 152 Å². The van der Waals surface area contributed by atoms with Gasteiger partial charge in [0, 0.05) is 0 Å². The lowest BCUT2D eigenvalue weighted by Gasteiger charge is -2.18. The fraction of sp³-hybridized carbons (Fsp3) is 0.0244. The van der Waals surface area contributed by atoms with E-state index in [2.05, 4.69) is 153 Å². The predicted molar refractivity (Wildman–Crippen MR) is 179 cm³/mol. The summed E-state index contributed by atoms with van der Waals surface area (Å²) in [6.07, 6.45) is 5.99. The van der Waals surface area contributed by atoms with E-state index in [-0.39, 0.29) is 0 Å². The lowest BCUT2D eigenvalue weighted by atomic mass is 9.85. The summed E-state index contributed by atoms with van der Waals surface area (Å²) in [6, 6.07) is 48.7. The normalized spacial score (nSPS) is 11.5. The van der Waals surface area contributed by atoms with E-state index in [0.29, 0.717) is 0 Å². The Balaban J connectivity index is 1.44. The second kappa shape index (κ2) is 10.4. The van der Waals surface area contributed by atoms with Crippen molar-refractivity contribution in [3.63, 3.8) is 0 Å².